The first-order chi connectivity index (χ1) is 13.7. The summed E-state index contributed by atoms with van der Waals surface area (Å²) in [4.78, 5) is 18.9. The number of nitrogens with zero attached hydrogens (tertiary/aromatic N) is 4. The van der Waals surface area contributed by atoms with Crippen LogP contribution >= 0.6 is 0 Å². The number of carbonyl (C=O) groups is 1. The molecule has 1 aliphatic heterocycles. The Kier molecular flexibility index (Phi) is 5.28. The van der Waals surface area contributed by atoms with Crippen molar-refractivity contribution in [1.82, 2.24) is 15.2 Å². The predicted octanol–water partition coefficient (Wildman–Crippen LogP) is 3.70. The molecule has 28 heavy (non-hydrogen) atoms. The van der Waals surface area contributed by atoms with Gasteiger partial charge in [0.1, 0.15) is 0 Å². The van der Waals surface area contributed by atoms with Crippen LogP contribution in [-0.4, -0.2) is 34.2 Å². The van der Waals surface area contributed by atoms with E-state index in [1.807, 2.05) is 55.5 Å². The second-order valence-electron chi connectivity index (χ2n) is 7.15. The first kappa shape index (κ1) is 18.1. The molecule has 1 saturated heterocycles. The molecule has 6 nitrogen and oxygen atoms in total. The van der Waals surface area contributed by atoms with E-state index in [4.69, 9.17) is 0 Å². The Balaban J connectivity index is 1.42. The number of anilines is 2. The summed E-state index contributed by atoms with van der Waals surface area (Å²) in [5, 5.41) is 11.8. The van der Waals surface area contributed by atoms with Crippen LogP contribution in [0.1, 0.15) is 18.4 Å². The number of piperidine rings is 1. The fraction of sp³-hybridized carbons (Fsp3) is 0.273. The number of hydrogen-bond acceptors (Lipinski definition) is 5. The van der Waals surface area contributed by atoms with Gasteiger partial charge in [0.2, 0.25) is 5.91 Å². The Morgan fingerprint density at radius 1 is 1.04 bits per heavy atom. The third-order valence-corrected chi connectivity index (χ3v) is 5.06. The molecule has 0 bridgehead atoms. The fourth-order valence-corrected chi connectivity index (χ4v) is 3.45. The molecule has 1 unspecified atom stereocenters. The molecular weight excluding hydrogens is 350 g/mol. The van der Waals surface area contributed by atoms with Crippen molar-refractivity contribution in [1.29, 1.82) is 0 Å². The third-order valence-electron chi connectivity index (χ3n) is 5.06. The maximum absolute atomic E-state index is 12.7. The lowest BCUT2D eigenvalue weighted by Crippen LogP contribution is -2.41. The lowest BCUT2D eigenvalue weighted by molar-refractivity contribution is -0.120. The number of aromatic nitrogens is 3. The van der Waals surface area contributed by atoms with E-state index in [0.29, 0.717) is 6.54 Å². The molecule has 6 heteroatoms. The Morgan fingerprint density at radius 2 is 1.82 bits per heavy atom. The van der Waals surface area contributed by atoms with Crippen LogP contribution in [0.5, 0.6) is 0 Å². The largest absolute Gasteiger partial charge is 0.354 e. The van der Waals surface area contributed by atoms with Gasteiger partial charge in [0, 0.05) is 36.7 Å². The zero-order chi connectivity index (χ0) is 19.3. The summed E-state index contributed by atoms with van der Waals surface area (Å²) in [6.45, 7) is 3.57. The maximum Gasteiger partial charge on any atom is 0.229 e. The lowest BCUT2D eigenvalue weighted by Gasteiger charge is -2.32. The highest BCUT2D eigenvalue weighted by Gasteiger charge is 2.26. The topological polar surface area (TPSA) is 71.0 Å². The summed E-state index contributed by atoms with van der Waals surface area (Å²) < 4.78 is 0. The third kappa shape index (κ3) is 4.17. The molecule has 4 rings (SSSR count). The minimum Gasteiger partial charge on any atom is -0.354 e. The minimum atomic E-state index is -0.0586. The normalized spacial score (nSPS) is 16.6. The highest BCUT2D eigenvalue weighted by atomic mass is 16.1. The minimum absolute atomic E-state index is 0.0586. The van der Waals surface area contributed by atoms with Gasteiger partial charge in [0.15, 0.2) is 5.82 Å². The van der Waals surface area contributed by atoms with Gasteiger partial charge in [0.25, 0.3) is 0 Å². The summed E-state index contributed by atoms with van der Waals surface area (Å²) in [5.74, 6) is 0.817. The van der Waals surface area contributed by atoms with Crippen LogP contribution in [0.15, 0.2) is 60.9 Å². The molecule has 3 aromatic rings. The zero-order valence-electron chi connectivity index (χ0n) is 15.9. The van der Waals surface area contributed by atoms with Gasteiger partial charge < -0.3 is 10.2 Å². The van der Waals surface area contributed by atoms with Crippen molar-refractivity contribution in [2.75, 3.05) is 23.3 Å². The van der Waals surface area contributed by atoms with E-state index in [9.17, 15) is 4.79 Å². The highest BCUT2D eigenvalue weighted by molar-refractivity contribution is 5.93. The summed E-state index contributed by atoms with van der Waals surface area (Å²) in [5.41, 5.74) is 3.82. The number of pyridine rings is 1. The molecule has 0 aliphatic carbocycles. The summed E-state index contributed by atoms with van der Waals surface area (Å²) >= 11 is 0. The van der Waals surface area contributed by atoms with E-state index >= 15 is 0 Å². The molecule has 0 radical (unpaired) electrons. The number of aryl methyl sites for hydroxylation is 1. The number of hydrogen-bond donors (Lipinski definition) is 1. The summed E-state index contributed by atoms with van der Waals surface area (Å²) in [7, 11) is 0. The van der Waals surface area contributed by atoms with E-state index in [0.717, 1.165) is 42.1 Å². The van der Waals surface area contributed by atoms with Gasteiger partial charge in [-0.25, -0.2) is 0 Å². The van der Waals surface area contributed by atoms with Gasteiger partial charge in [-0.15, -0.1) is 10.2 Å². The molecule has 0 saturated carbocycles. The molecule has 2 aromatic heterocycles. The van der Waals surface area contributed by atoms with E-state index in [1.54, 1.807) is 12.4 Å². The standard InChI is InChI=1S/C22H23N5O/c1-16-4-6-19(7-5-16)24-22(28)18-3-2-14-27(15-18)21-9-8-20(25-26-21)17-10-12-23-13-11-17/h4-13,18H,2-3,14-15H2,1H3,(H,24,28). The van der Waals surface area contributed by atoms with Crippen molar-refractivity contribution < 1.29 is 4.79 Å². The Morgan fingerprint density at radius 3 is 2.54 bits per heavy atom. The van der Waals surface area contributed by atoms with Crippen LogP contribution in [0, 0.1) is 12.8 Å². The lowest BCUT2D eigenvalue weighted by atomic mass is 9.97. The van der Waals surface area contributed by atoms with Crippen LogP contribution in [-0.2, 0) is 4.79 Å². The second-order valence-corrected chi connectivity index (χ2v) is 7.15. The first-order valence-corrected chi connectivity index (χ1v) is 9.56. The van der Waals surface area contributed by atoms with Crippen molar-refractivity contribution in [3.05, 3.63) is 66.5 Å². The van der Waals surface area contributed by atoms with E-state index in [1.165, 1.54) is 5.56 Å². The fourth-order valence-electron chi connectivity index (χ4n) is 3.45. The molecule has 1 atom stereocenters. The molecule has 1 fully saturated rings. The molecule has 0 spiro atoms. The number of rotatable bonds is 4. The average molecular weight is 373 g/mol. The van der Waals surface area contributed by atoms with Crippen LogP contribution in [0.25, 0.3) is 11.3 Å². The highest BCUT2D eigenvalue weighted by Crippen LogP contribution is 2.24. The van der Waals surface area contributed by atoms with Crippen molar-refractivity contribution in [3.8, 4) is 11.3 Å². The Hall–Kier alpha value is -3.28. The number of benzene rings is 1. The van der Waals surface area contributed by atoms with Crippen molar-refractivity contribution in [2.45, 2.75) is 19.8 Å². The van der Waals surface area contributed by atoms with E-state index in [2.05, 4.69) is 25.4 Å². The van der Waals surface area contributed by atoms with Crippen LogP contribution < -0.4 is 10.2 Å². The molecule has 3 heterocycles. The van der Waals surface area contributed by atoms with Crippen LogP contribution in [0.4, 0.5) is 11.5 Å². The number of amides is 1. The molecule has 1 N–H and O–H groups in total. The maximum atomic E-state index is 12.7. The number of carbonyl (C=O) groups excluding carboxylic acids is 1. The second kappa shape index (κ2) is 8.17. The Bertz CT molecular complexity index is 925. The number of nitrogens with one attached hydrogen (secondary N) is 1. The van der Waals surface area contributed by atoms with E-state index < -0.39 is 0 Å². The molecule has 1 aliphatic rings. The quantitative estimate of drug-likeness (QED) is 0.755. The smallest absolute Gasteiger partial charge is 0.229 e. The van der Waals surface area contributed by atoms with Gasteiger partial charge in [-0.05, 0) is 56.2 Å². The van der Waals surface area contributed by atoms with Gasteiger partial charge in [-0.3, -0.25) is 9.78 Å². The first-order valence-electron chi connectivity index (χ1n) is 9.56. The van der Waals surface area contributed by atoms with Crippen molar-refractivity contribution in [3.63, 3.8) is 0 Å². The summed E-state index contributed by atoms with van der Waals surface area (Å²) in [6.07, 6.45) is 5.33. The Labute approximate surface area is 164 Å². The SMILES string of the molecule is Cc1ccc(NC(=O)C2CCCN(c3ccc(-c4ccncc4)nn3)C2)cc1. The molecule has 1 aromatic carbocycles. The van der Waals surface area contributed by atoms with Crippen LogP contribution in [0.3, 0.4) is 0 Å². The van der Waals surface area contributed by atoms with Gasteiger partial charge in [-0.1, -0.05) is 17.7 Å². The molecule has 142 valence electrons. The van der Waals surface area contributed by atoms with Crippen molar-refractivity contribution in [2.24, 2.45) is 5.92 Å². The molecular formula is C22H23N5O. The van der Waals surface area contributed by atoms with Gasteiger partial charge in [0.05, 0.1) is 11.6 Å². The monoisotopic (exact) mass is 373 g/mol. The molecule has 1 amide bonds. The predicted molar refractivity (Wildman–Crippen MR) is 110 cm³/mol. The average Bonchev–Trinajstić information content (AvgIpc) is 2.76. The van der Waals surface area contributed by atoms with Gasteiger partial charge >= 0.3 is 0 Å². The zero-order valence-corrected chi connectivity index (χ0v) is 15.9. The van der Waals surface area contributed by atoms with Crippen molar-refractivity contribution >= 4 is 17.4 Å². The van der Waals surface area contributed by atoms with Gasteiger partial charge in [-0.2, -0.15) is 0 Å². The van der Waals surface area contributed by atoms with Crippen LogP contribution in [0.2, 0.25) is 0 Å². The van der Waals surface area contributed by atoms with E-state index in [-0.39, 0.29) is 11.8 Å². The summed E-state index contributed by atoms with van der Waals surface area (Å²) in [6, 6.07) is 15.7.